The first-order valence-corrected chi connectivity index (χ1v) is 7.45. The lowest BCUT2D eigenvalue weighted by Crippen LogP contribution is -2.26. The number of phenolic OH excluding ortho intramolecular Hbond substituents is 1. The van der Waals surface area contributed by atoms with Crippen LogP contribution in [0, 0.1) is 0 Å². The molecule has 2 heterocycles. The van der Waals surface area contributed by atoms with Gasteiger partial charge in [-0.25, -0.2) is 9.97 Å². The Morgan fingerprint density at radius 2 is 2.18 bits per heavy atom. The highest BCUT2D eigenvalue weighted by atomic mass is 32.1. The molecule has 7 heteroatoms. The Morgan fingerprint density at radius 3 is 2.91 bits per heavy atom. The van der Waals surface area contributed by atoms with E-state index in [0.717, 1.165) is 21.3 Å². The molecule has 112 valence electrons. The van der Waals surface area contributed by atoms with Crippen molar-refractivity contribution in [2.75, 3.05) is 5.32 Å². The molecule has 0 aliphatic carbocycles. The van der Waals surface area contributed by atoms with E-state index in [0.29, 0.717) is 5.82 Å². The van der Waals surface area contributed by atoms with Crippen LogP contribution in [0.25, 0.3) is 21.3 Å². The topological polar surface area (TPSA) is 95.3 Å². The Kier molecular flexibility index (Phi) is 3.64. The average molecular weight is 315 g/mol. The van der Waals surface area contributed by atoms with Crippen LogP contribution in [0.4, 0.5) is 5.82 Å². The van der Waals surface area contributed by atoms with Crippen molar-refractivity contribution < 1.29 is 15.0 Å². The summed E-state index contributed by atoms with van der Waals surface area (Å²) < 4.78 is 0. The highest BCUT2D eigenvalue weighted by Crippen LogP contribution is 2.37. The number of hydrogen-bond acceptors (Lipinski definition) is 6. The highest BCUT2D eigenvalue weighted by Gasteiger charge is 2.17. The van der Waals surface area contributed by atoms with Crippen LogP contribution in [0.3, 0.4) is 0 Å². The number of carboxylic acids is 1. The van der Waals surface area contributed by atoms with Crippen LogP contribution in [-0.4, -0.2) is 32.2 Å². The molecule has 0 fully saturated rings. The van der Waals surface area contributed by atoms with Gasteiger partial charge in [0.05, 0.1) is 5.39 Å². The highest BCUT2D eigenvalue weighted by molar-refractivity contribution is 7.17. The number of fused-ring (bicyclic) bond motifs is 1. The number of aromatic nitrogens is 2. The zero-order chi connectivity index (χ0) is 15.7. The normalized spacial score (nSPS) is 12.2. The molecule has 3 N–H and O–H groups in total. The molecule has 0 unspecified atom stereocenters. The minimum absolute atomic E-state index is 0.169. The van der Waals surface area contributed by atoms with Crippen molar-refractivity contribution in [2.24, 2.45) is 0 Å². The van der Waals surface area contributed by atoms with E-state index in [1.807, 2.05) is 11.4 Å². The van der Waals surface area contributed by atoms with Gasteiger partial charge in [-0.2, -0.15) is 0 Å². The van der Waals surface area contributed by atoms with Crippen molar-refractivity contribution in [2.45, 2.75) is 13.0 Å². The molecular formula is C15H13N3O3S. The lowest BCUT2D eigenvalue weighted by Gasteiger charge is -2.11. The number of thiophene rings is 1. The van der Waals surface area contributed by atoms with Gasteiger partial charge >= 0.3 is 5.97 Å². The number of benzene rings is 1. The van der Waals surface area contributed by atoms with Gasteiger partial charge in [-0.05, 0) is 24.6 Å². The Bertz CT molecular complexity index is 847. The molecule has 0 amide bonds. The second-order valence-corrected chi connectivity index (χ2v) is 5.66. The quantitative estimate of drug-likeness (QED) is 0.685. The molecule has 1 atom stereocenters. The lowest BCUT2D eigenvalue weighted by molar-refractivity contribution is -0.137. The number of hydrogen-bond donors (Lipinski definition) is 3. The van der Waals surface area contributed by atoms with E-state index in [1.165, 1.54) is 17.7 Å². The van der Waals surface area contributed by atoms with Gasteiger partial charge in [-0.3, -0.25) is 4.79 Å². The summed E-state index contributed by atoms with van der Waals surface area (Å²) in [6.07, 6.45) is 1.40. The molecular weight excluding hydrogens is 302 g/mol. The molecule has 0 saturated carbocycles. The minimum Gasteiger partial charge on any atom is -0.508 e. The van der Waals surface area contributed by atoms with Gasteiger partial charge < -0.3 is 15.5 Å². The van der Waals surface area contributed by atoms with E-state index >= 15 is 0 Å². The molecule has 3 rings (SSSR count). The fraction of sp³-hybridized carbons (Fsp3) is 0.133. The van der Waals surface area contributed by atoms with Crippen molar-refractivity contribution in [3.05, 3.63) is 36.0 Å². The molecule has 0 bridgehead atoms. The van der Waals surface area contributed by atoms with Gasteiger partial charge in [0.1, 0.15) is 28.8 Å². The van der Waals surface area contributed by atoms with Gasteiger partial charge in [-0.1, -0.05) is 12.1 Å². The smallest absolute Gasteiger partial charge is 0.325 e. The Balaban J connectivity index is 2.14. The second kappa shape index (κ2) is 5.61. The van der Waals surface area contributed by atoms with Crippen molar-refractivity contribution in [1.82, 2.24) is 9.97 Å². The number of carboxylic acid groups (broad SMARTS) is 1. The van der Waals surface area contributed by atoms with Crippen molar-refractivity contribution in [1.29, 1.82) is 0 Å². The summed E-state index contributed by atoms with van der Waals surface area (Å²) in [5.41, 5.74) is 1.68. The maximum Gasteiger partial charge on any atom is 0.325 e. The third-order valence-corrected chi connectivity index (χ3v) is 4.14. The summed E-state index contributed by atoms with van der Waals surface area (Å²) in [6.45, 7) is 1.55. The zero-order valence-corrected chi connectivity index (χ0v) is 12.5. The van der Waals surface area contributed by atoms with Crippen LogP contribution < -0.4 is 5.32 Å². The molecule has 1 aromatic carbocycles. The first-order chi connectivity index (χ1) is 10.6. The summed E-state index contributed by atoms with van der Waals surface area (Å²) in [7, 11) is 0. The van der Waals surface area contributed by atoms with E-state index < -0.39 is 12.0 Å². The SMILES string of the molecule is C[C@@H](Nc1ncnc2scc(-c3cccc(O)c3)c12)C(=O)O. The van der Waals surface area contributed by atoms with Crippen LogP contribution in [-0.2, 0) is 4.79 Å². The van der Waals surface area contributed by atoms with Gasteiger partial charge in [-0.15, -0.1) is 11.3 Å². The number of anilines is 1. The number of nitrogens with one attached hydrogen (secondary N) is 1. The van der Waals surface area contributed by atoms with Crippen LogP contribution in [0.15, 0.2) is 36.0 Å². The largest absolute Gasteiger partial charge is 0.508 e. The number of aromatic hydroxyl groups is 1. The third kappa shape index (κ3) is 2.58. The molecule has 0 aliphatic heterocycles. The van der Waals surface area contributed by atoms with E-state index in [9.17, 15) is 9.90 Å². The molecule has 0 aliphatic rings. The van der Waals surface area contributed by atoms with E-state index in [-0.39, 0.29) is 5.75 Å². The maximum atomic E-state index is 11.0. The number of rotatable bonds is 4. The molecule has 6 nitrogen and oxygen atoms in total. The first kappa shape index (κ1) is 14.3. The summed E-state index contributed by atoms with van der Waals surface area (Å²) in [5.74, 6) is -0.317. The molecule has 22 heavy (non-hydrogen) atoms. The number of nitrogens with zero attached hydrogens (tertiary/aromatic N) is 2. The average Bonchev–Trinajstić information content (AvgIpc) is 2.92. The van der Waals surface area contributed by atoms with Gasteiger partial charge in [0, 0.05) is 10.9 Å². The first-order valence-electron chi connectivity index (χ1n) is 6.57. The predicted octanol–water partition coefficient (Wildman–Crippen LogP) is 2.95. The van der Waals surface area contributed by atoms with E-state index in [4.69, 9.17) is 5.11 Å². The minimum atomic E-state index is -0.958. The van der Waals surface area contributed by atoms with E-state index in [1.54, 1.807) is 25.1 Å². The third-order valence-electron chi connectivity index (χ3n) is 3.25. The van der Waals surface area contributed by atoms with Crippen LogP contribution in [0.2, 0.25) is 0 Å². The Labute approximate surface area is 130 Å². The predicted molar refractivity (Wildman–Crippen MR) is 85.2 cm³/mol. The van der Waals surface area contributed by atoms with Gasteiger partial charge in [0.15, 0.2) is 0 Å². The zero-order valence-electron chi connectivity index (χ0n) is 11.6. The van der Waals surface area contributed by atoms with Crippen LogP contribution in [0.1, 0.15) is 6.92 Å². The Morgan fingerprint density at radius 1 is 1.36 bits per heavy atom. The van der Waals surface area contributed by atoms with Crippen LogP contribution >= 0.6 is 11.3 Å². The van der Waals surface area contributed by atoms with Crippen molar-refractivity contribution >= 4 is 33.3 Å². The molecule has 2 aromatic heterocycles. The number of phenols is 1. The molecule has 0 saturated heterocycles. The van der Waals surface area contributed by atoms with Crippen molar-refractivity contribution in [3.63, 3.8) is 0 Å². The fourth-order valence-corrected chi connectivity index (χ4v) is 3.05. The summed E-state index contributed by atoms with van der Waals surface area (Å²) in [6, 6.07) is 6.11. The number of aliphatic carboxylic acids is 1. The fourth-order valence-electron chi connectivity index (χ4n) is 2.14. The molecule has 3 aromatic rings. The van der Waals surface area contributed by atoms with Gasteiger partial charge in [0.2, 0.25) is 0 Å². The maximum absolute atomic E-state index is 11.0. The Hall–Kier alpha value is -2.67. The summed E-state index contributed by atoms with van der Waals surface area (Å²) in [4.78, 5) is 20.2. The molecule has 0 spiro atoms. The van der Waals surface area contributed by atoms with Gasteiger partial charge in [0.25, 0.3) is 0 Å². The summed E-state index contributed by atoms with van der Waals surface area (Å²) in [5, 5.41) is 24.3. The summed E-state index contributed by atoms with van der Waals surface area (Å²) >= 11 is 1.44. The molecule has 0 radical (unpaired) electrons. The number of carbonyl (C=O) groups is 1. The standard InChI is InChI=1S/C15H13N3O3S/c1-8(15(20)21)18-13-12-11(6-22-14(12)17-7-16-13)9-3-2-4-10(19)5-9/h2-8,19H,1H3,(H,20,21)(H,16,17,18)/t8-/m1/s1. The second-order valence-electron chi connectivity index (χ2n) is 4.81. The van der Waals surface area contributed by atoms with Crippen molar-refractivity contribution in [3.8, 4) is 16.9 Å². The van der Waals surface area contributed by atoms with E-state index in [2.05, 4.69) is 15.3 Å². The van der Waals surface area contributed by atoms with Crippen LogP contribution in [0.5, 0.6) is 5.75 Å². The lowest BCUT2D eigenvalue weighted by atomic mass is 10.1. The monoisotopic (exact) mass is 315 g/mol.